The molecule has 3 rings (SSSR count). The fourth-order valence-corrected chi connectivity index (χ4v) is 3.56. The molecular formula is C21H24N2O2. The van der Waals surface area contributed by atoms with Gasteiger partial charge in [0.1, 0.15) is 0 Å². The van der Waals surface area contributed by atoms with E-state index in [0.717, 1.165) is 11.1 Å². The Morgan fingerprint density at radius 3 is 2.64 bits per heavy atom. The summed E-state index contributed by atoms with van der Waals surface area (Å²) in [6.07, 6.45) is 1.00. The monoisotopic (exact) mass is 336 g/mol. The van der Waals surface area contributed by atoms with Crippen LogP contribution in [0.5, 0.6) is 0 Å². The number of carbonyl (C=O) groups excluding carboxylic acids is 2. The van der Waals surface area contributed by atoms with E-state index in [1.165, 1.54) is 5.56 Å². The van der Waals surface area contributed by atoms with Crippen LogP contribution in [0.2, 0.25) is 0 Å². The van der Waals surface area contributed by atoms with E-state index in [4.69, 9.17) is 0 Å². The van der Waals surface area contributed by atoms with Crippen LogP contribution < -0.4 is 5.32 Å². The molecule has 1 heterocycles. The van der Waals surface area contributed by atoms with Crippen molar-refractivity contribution < 1.29 is 9.59 Å². The minimum Gasteiger partial charge on any atom is -0.352 e. The van der Waals surface area contributed by atoms with Crippen molar-refractivity contribution in [2.24, 2.45) is 5.92 Å². The number of nitrogens with zero attached hydrogens (tertiary/aromatic N) is 1. The third-order valence-electron chi connectivity index (χ3n) is 4.89. The molecule has 0 aliphatic carbocycles. The number of amides is 2. The summed E-state index contributed by atoms with van der Waals surface area (Å²) in [6.45, 7) is 2.55. The highest BCUT2D eigenvalue weighted by Gasteiger charge is 2.38. The molecule has 4 heteroatoms. The molecule has 2 amide bonds. The molecule has 1 saturated heterocycles. The van der Waals surface area contributed by atoms with Crippen LogP contribution in [0.25, 0.3) is 0 Å². The molecule has 25 heavy (non-hydrogen) atoms. The molecule has 1 aliphatic heterocycles. The van der Waals surface area contributed by atoms with E-state index in [1.54, 1.807) is 11.9 Å². The Labute approximate surface area is 148 Å². The van der Waals surface area contributed by atoms with Crippen molar-refractivity contribution in [1.82, 2.24) is 10.2 Å². The summed E-state index contributed by atoms with van der Waals surface area (Å²) in [4.78, 5) is 26.7. The Hall–Kier alpha value is -2.62. The molecule has 1 N–H and O–H groups in total. The molecule has 0 aromatic heterocycles. The van der Waals surface area contributed by atoms with Gasteiger partial charge in [-0.1, -0.05) is 60.2 Å². The van der Waals surface area contributed by atoms with E-state index >= 15 is 0 Å². The summed E-state index contributed by atoms with van der Waals surface area (Å²) >= 11 is 0. The number of hydrogen-bond donors (Lipinski definition) is 1. The lowest BCUT2D eigenvalue weighted by molar-refractivity contribution is -0.141. The third-order valence-corrected chi connectivity index (χ3v) is 4.89. The van der Waals surface area contributed by atoms with Gasteiger partial charge in [0, 0.05) is 20.0 Å². The molecule has 2 atom stereocenters. The summed E-state index contributed by atoms with van der Waals surface area (Å²) in [6, 6.07) is 17.7. The molecule has 0 saturated carbocycles. The number of likely N-dealkylation sites (tertiary alicyclic amines) is 1. The van der Waals surface area contributed by atoms with Crippen LogP contribution >= 0.6 is 0 Å². The maximum atomic E-state index is 12.8. The maximum absolute atomic E-state index is 12.8. The van der Waals surface area contributed by atoms with Crippen molar-refractivity contribution >= 4 is 11.8 Å². The molecule has 1 fully saturated rings. The highest BCUT2D eigenvalue weighted by molar-refractivity contribution is 5.84. The second-order valence-corrected chi connectivity index (χ2v) is 6.71. The Bertz CT molecular complexity index is 758. The summed E-state index contributed by atoms with van der Waals surface area (Å²) in [5, 5.41) is 3.05. The normalized spacial score (nSPS) is 20.4. The SMILES string of the molecule is Cc1cccc(CNC(=O)[C@@H]2CCC(=O)N(C)[C@@H]2c2ccccc2)c1. The van der Waals surface area contributed by atoms with Crippen molar-refractivity contribution in [3.8, 4) is 0 Å². The standard InChI is InChI=1S/C21H24N2O2/c1-15-7-6-8-16(13-15)14-22-21(25)18-11-12-19(24)23(2)20(18)17-9-4-3-5-10-17/h3-10,13,18,20H,11-12,14H2,1-2H3,(H,22,25)/t18-,20-/m1/s1. The van der Waals surface area contributed by atoms with Crippen molar-refractivity contribution in [2.75, 3.05) is 7.05 Å². The summed E-state index contributed by atoms with van der Waals surface area (Å²) in [7, 11) is 1.79. The Morgan fingerprint density at radius 2 is 1.92 bits per heavy atom. The van der Waals surface area contributed by atoms with E-state index in [9.17, 15) is 9.59 Å². The molecular weight excluding hydrogens is 312 g/mol. The van der Waals surface area contributed by atoms with E-state index in [1.807, 2.05) is 55.5 Å². The van der Waals surface area contributed by atoms with Gasteiger partial charge in [-0.25, -0.2) is 0 Å². The lowest BCUT2D eigenvalue weighted by Crippen LogP contribution is -2.46. The van der Waals surface area contributed by atoms with Crippen LogP contribution in [0, 0.1) is 12.8 Å². The van der Waals surface area contributed by atoms with Gasteiger partial charge >= 0.3 is 0 Å². The van der Waals surface area contributed by atoms with E-state index in [-0.39, 0.29) is 23.8 Å². The number of hydrogen-bond acceptors (Lipinski definition) is 2. The molecule has 4 nitrogen and oxygen atoms in total. The predicted octanol–water partition coefficient (Wildman–Crippen LogP) is 3.22. The van der Waals surface area contributed by atoms with Crippen molar-refractivity contribution in [1.29, 1.82) is 0 Å². The van der Waals surface area contributed by atoms with Crippen LogP contribution in [0.15, 0.2) is 54.6 Å². The molecule has 2 aromatic rings. The van der Waals surface area contributed by atoms with Gasteiger partial charge in [-0.3, -0.25) is 9.59 Å². The van der Waals surface area contributed by atoms with Gasteiger partial charge in [0.2, 0.25) is 11.8 Å². The number of rotatable bonds is 4. The van der Waals surface area contributed by atoms with Crippen molar-refractivity contribution in [2.45, 2.75) is 32.4 Å². The molecule has 2 aromatic carbocycles. The molecule has 0 unspecified atom stereocenters. The number of piperidine rings is 1. The van der Waals surface area contributed by atoms with Crippen LogP contribution in [-0.2, 0) is 16.1 Å². The van der Waals surface area contributed by atoms with Gasteiger partial charge in [-0.15, -0.1) is 0 Å². The number of carbonyl (C=O) groups is 2. The van der Waals surface area contributed by atoms with Crippen LogP contribution in [-0.4, -0.2) is 23.8 Å². The third kappa shape index (κ3) is 3.90. The topological polar surface area (TPSA) is 49.4 Å². The lowest BCUT2D eigenvalue weighted by Gasteiger charge is -2.38. The second kappa shape index (κ2) is 7.51. The average molecular weight is 336 g/mol. The Kier molecular flexibility index (Phi) is 5.17. The molecule has 0 bridgehead atoms. The highest BCUT2D eigenvalue weighted by Crippen LogP contribution is 2.35. The zero-order valence-corrected chi connectivity index (χ0v) is 14.7. The number of benzene rings is 2. The molecule has 1 aliphatic rings. The first kappa shape index (κ1) is 17.2. The maximum Gasteiger partial charge on any atom is 0.225 e. The molecule has 130 valence electrons. The predicted molar refractivity (Wildman–Crippen MR) is 97.7 cm³/mol. The zero-order chi connectivity index (χ0) is 17.8. The van der Waals surface area contributed by atoms with Gasteiger partial charge < -0.3 is 10.2 Å². The fraction of sp³-hybridized carbons (Fsp3) is 0.333. The van der Waals surface area contributed by atoms with E-state index in [2.05, 4.69) is 11.4 Å². The van der Waals surface area contributed by atoms with Gasteiger partial charge in [0.05, 0.1) is 12.0 Å². The second-order valence-electron chi connectivity index (χ2n) is 6.71. The number of aryl methyl sites for hydroxylation is 1. The molecule has 0 radical (unpaired) electrons. The van der Waals surface area contributed by atoms with Crippen LogP contribution in [0.3, 0.4) is 0 Å². The van der Waals surface area contributed by atoms with E-state index < -0.39 is 0 Å². The van der Waals surface area contributed by atoms with Gasteiger partial charge in [0.25, 0.3) is 0 Å². The highest BCUT2D eigenvalue weighted by atomic mass is 16.2. The van der Waals surface area contributed by atoms with Crippen molar-refractivity contribution in [3.05, 3.63) is 71.3 Å². The smallest absolute Gasteiger partial charge is 0.225 e. The minimum absolute atomic E-state index is 0.00899. The Morgan fingerprint density at radius 1 is 1.16 bits per heavy atom. The number of nitrogens with one attached hydrogen (secondary N) is 1. The summed E-state index contributed by atoms with van der Waals surface area (Å²) in [5.74, 6) is -0.124. The quantitative estimate of drug-likeness (QED) is 0.932. The largest absolute Gasteiger partial charge is 0.352 e. The Balaban J connectivity index is 1.76. The first-order valence-electron chi connectivity index (χ1n) is 8.70. The lowest BCUT2D eigenvalue weighted by atomic mass is 9.84. The first-order chi connectivity index (χ1) is 12.1. The average Bonchev–Trinajstić information content (AvgIpc) is 2.62. The summed E-state index contributed by atoms with van der Waals surface area (Å²) < 4.78 is 0. The van der Waals surface area contributed by atoms with Gasteiger partial charge in [0.15, 0.2) is 0 Å². The molecule has 0 spiro atoms. The van der Waals surface area contributed by atoms with Gasteiger partial charge in [-0.2, -0.15) is 0 Å². The van der Waals surface area contributed by atoms with Crippen LogP contribution in [0.1, 0.15) is 35.6 Å². The van der Waals surface area contributed by atoms with Crippen LogP contribution in [0.4, 0.5) is 0 Å². The van der Waals surface area contributed by atoms with E-state index in [0.29, 0.717) is 19.4 Å². The minimum atomic E-state index is -0.227. The first-order valence-corrected chi connectivity index (χ1v) is 8.70. The fourth-order valence-electron chi connectivity index (χ4n) is 3.56. The van der Waals surface area contributed by atoms with Gasteiger partial charge in [-0.05, 0) is 24.5 Å². The van der Waals surface area contributed by atoms with Crippen molar-refractivity contribution in [3.63, 3.8) is 0 Å². The zero-order valence-electron chi connectivity index (χ0n) is 14.7. The summed E-state index contributed by atoms with van der Waals surface area (Å²) in [5.41, 5.74) is 3.27.